The van der Waals surface area contributed by atoms with Crippen molar-refractivity contribution in [2.45, 2.75) is 26.2 Å². The summed E-state index contributed by atoms with van der Waals surface area (Å²) in [5.74, 6) is -0.120. The molecular weight excluding hydrogens is 416 g/mol. The number of nitrogens with zero attached hydrogens (tertiary/aromatic N) is 3. The average molecular weight is 436 g/mol. The minimum atomic E-state index is -0.821. The van der Waals surface area contributed by atoms with Crippen molar-refractivity contribution in [3.63, 3.8) is 0 Å². The van der Waals surface area contributed by atoms with Crippen LogP contribution in [0, 0.1) is 5.92 Å². The molecule has 0 bridgehead atoms. The molecule has 2 N–H and O–H groups in total. The Balaban J connectivity index is 1.59. The van der Waals surface area contributed by atoms with Crippen LogP contribution in [0.5, 0.6) is 11.7 Å². The quantitative estimate of drug-likeness (QED) is 0.386. The van der Waals surface area contributed by atoms with Gasteiger partial charge >= 0.3 is 5.69 Å². The monoisotopic (exact) mass is 436 g/mol. The van der Waals surface area contributed by atoms with Crippen molar-refractivity contribution in [1.29, 1.82) is 0 Å². The molecule has 0 spiro atoms. The number of pyridine rings is 1. The molecule has 1 unspecified atom stereocenters. The van der Waals surface area contributed by atoms with Gasteiger partial charge in [-0.25, -0.2) is 4.98 Å². The third-order valence-corrected chi connectivity index (χ3v) is 6.79. The fourth-order valence-electron chi connectivity index (χ4n) is 3.99. The first-order valence-electron chi connectivity index (χ1n) is 9.95. The van der Waals surface area contributed by atoms with Crippen LogP contribution in [-0.2, 0) is 12.8 Å². The maximum atomic E-state index is 13.4. The number of aromatic nitrogens is 3. The number of carbonyl (C=O) groups excluding carboxylic acids is 1. The third kappa shape index (κ3) is 3.21. The molecule has 0 amide bonds. The van der Waals surface area contributed by atoms with Crippen LogP contribution >= 0.6 is 11.3 Å². The molecule has 0 saturated carbocycles. The van der Waals surface area contributed by atoms with Gasteiger partial charge in [0.15, 0.2) is 5.95 Å². The number of nitrogens with two attached hydrogens (primary N) is 1. The average Bonchev–Trinajstić information content (AvgIpc) is 3.32. The number of ether oxygens (including phenoxy) is 1. The van der Waals surface area contributed by atoms with Crippen LogP contribution in [0.4, 0.5) is 5.69 Å². The molecule has 1 aromatic carbocycles. The summed E-state index contributed by atoms with van der Waals surface area (Å²) in [5, 5.41) is 16.9. The Labute approximate surface area is 181 Å². The van der Waals surface area contributed by atoms with E-state index in [0.29, 0.717) is 27.9 Å². The van der Waals surface area contributed by atoms with E-state index in [4.69, 9.17) is 20.0 Å². The van der Waals surface area contributed by atoms with E-state index in [1.807, 2.05) is 6.07 Å². The molecule has 1 atom stereocenters. The first-order chi connectivity index (χ1) is 15.0. The predicted octanol–water partition coefficient (Wildman–Crippen LogP) is 2.58. The van der Waals surface area contributed by atoms with E-state index in [0.717, 1.165) is 30.3 Å². The van der Waals surface area contributed by atoms with Crippen LogP contribution in [0.15, 0.2) is 34.9 Å². The highest BCUT2D eigenvalue weighted by Crippen LogP contribution is 2.37. The maximum Gasteiger partial charge on any atom is 0.312 e. The second kappa shape index (κ2) is 7.35. The highest BCUT2D eigenvalue weighted by Gasteiger charge is 2.32. The standard InChI is InChI=1S/C22H20N4O4S/c1-11-3-8-16-12(9-11)10-15-17(23)20(31-21(15)24-16)19(27)18-22(28)30-25-26(18)13-4-6-14(29-2)7-5-13/h4-7,10-11H,3,8-9H2,1-2H3,(H2-,23,25,27,28). The zero-order chi connectivity index (χ0) is 21.7. The fourth-order valence-corrected chi connectivity index (χ4v) is 5.02. The Morgan fingerprint density at radius 2 is 2.13 bits per heavy atom. The van der Waals surface area contributed by atoms with Gasteiger partial charge in [-0.15, -0.1) is 11.3 Å². The van der Waals surface area contributed by atoms with Crippen molar-refractivity contribution in [3.8, 4) is 17.4 Å². The SMILES string of the molecule is COc1ccc(-[n+]2noc([O-])c2C(=O)c2sc3nc4c(cc3c2N)CC(C)CC4)cc1. The number of ketones is 1. The second-order valence-electron chi connectivity index (χ2n) is 7.79. The van der Waals surface area contributed by atoms with Gasteiger partial charge in [0.05, 0.1) is 18.1 Å². The van der Waals surface area contributed by atoms with Gasteiger partial charge in [-0.1, -0.05) is 6.92 Å². The largest absolute Gasteiger partial charge is 0.539 e. The number of rotatable bonds is 4. The molecule has 1 aliphatic rings. The molecule has 3 heterocycles. The molecule has 31 heavy (non-hydrogen) atoms. The van der Waals surface area contributed by atoms with Crippen LogP contribution in [-0.4, -0.2) is 23.1 Å². The zero-order valence-electron chi connectivity index (χ0n) is 17.0. The van der Waals surface area contributed by atoms with E-state index < -0.39 is 11.7 Å². The smallest absolute Gasteiger partial charge is 0.312 e. The lowest BCUT2D eigenvalue weighted by atomic mass is 9.87. The summed E-state index contributed by atoms with van der Waals surface area (Å²) in [6.45, 7) is 2.22. The number of nitrogen functional groups attached to an aromatic ring is 1. The number of hydrogen-bond acceptors (Lipinski definition) is 8. The molecule has 9 heteroatoms. The van der Waals surface area contributed by atoms with Gasteiger partial charge in [-0.3, -0.25) is 4.79 Å². The van der Waals surface area contributed by atoms with Crippen molar-refractivity contribution >= 4 is 33.0 Å². The van der Waals surface area contributed by atoms with Crippen LogP contribution < -0.4 is 20.3 Å². The van der Waals surface area contributed by atoms with Gasteiger partial charge in [0.2, 0.25) is 5.69 Å². The normalized spacial score (nSPS) is 15.7. The van der Waals surface area contributed by atoms with E-state index in [-0.39, 0.29) is 10.6 Å². The molecule has 8 nitrogen and oxygen atoms in total. The maximum absolute atomic E-state index is 13.4. The highest BCUT2D eigenvalue weighted by molar-refractivity contribution is 7.21. The van der Waals surface area contributed by atoms with Gasteiger partial charge in [-0.2, -0.15) is 0 Å². The Bertz CT molecular complexity index is 1310. The van der Waals surface area contributed by atoms with E-state index in [2.05, 4.69) is 12.2 Å². The lowest BCUT2D eigenvalue weighted by Gasteiger charge is -2.20. The minimum absolute atomic E-state index is 0.207. The number of benzene rings is 1. The molecule has 4 aromatic rings. The summed E-state index contributed by atoms with van der Waals surface area (Å²) in [4.78, 5) is 19.1. The van der Waals surface area contributed by atoms with Gasteiger partial charge < -0.3 is 20.1 Å². The van der Waals surface area contributed by atoms with Crippen molar-refractivity contribution in [3.05, 3.63) is 52.2 Å². The van der Waals surface area contributed by atoms with Gasteiger partial charge in [0.1, 0.15) is 15.5 Å². The molecule has 1 aliphatic carbocycles. The summed E-state index contributed by atoms with van der Waals surface area (Å²) in [6, 6.07) is 8.82. The molecular formula is C22H20N4O4S. The third-order valence-electron chi connectivity index (χ3n) is 5.68. The van der Waals surface area contributed by atoms with E-state index in [1.165, 1.54) is 21.6 Å². The number of aryl methyl sites for hydroxylation is 1. The number of fused-ring (bicyclic) bond motifs is 2. The molecule has 158 valence electrons. The predicted molar refractivity (Wildman–Crippen MR) is 113 cm³/mol. The number of anilines is 1. The summed E-state index contributed by atoms with van der Waals surface area (Å²) in [6.07, 6.45) is 2.96. The lowest BCUT2D eigenvalue weighted by Crippen LogP contribution is -2.39. The van der Waals surface area contributed by atoms with Gasteiger partial charge in [0, 0.05) is 23.2 Å². The first-order valence-corrected chi connectivity index (χ1v) is 10.8. The molecule has 0 aliphatic heterocycles. The Morgan fingerprint density at radius 3 is 2.87 bits per heavy atom. The van der Waals surface area contributed by atoms with Crippen LogP contribution in [0.3, 0.4) is 0 Å². The first kappa shape index (κ1) is 19.5. The number of methoxy groups -OCH3 is 1. The van der Waals surface area contributed by atoms with Gasteiger partial charge in [-0.05, 0) is 53.6 Å². The fraction of sp³-hybridized carbons (Fsp3) is 0.273. The number of carbonyl (C=O) groups is 1. The summed E-state index contributed by atoms with van der Waals surface area (Å²) >= 11 is 1.20. The second-order valence-corrected chi connectivity index (χ2v) is 8.79. The Morgan fingerprint density at radius 1 is 1.35 bits per heavy atom. The lowest BCUT2D eigenvalue weighted by molar-refractivity contribution is -0.672. The van der Waals surface area contributed by atoms with Crippen molar-refractivity contribution < 1.29 is 23.8 Å². The summed E-state index contributed by atoms with van der Waals surface area (Å²) in [7, 11) is 1.56. The number of hydrogen-bond donors (Lipinski definition) is 1. The van der Waals surface area contributed by atoms with Crippen LogP contribution in [0.25, 0.3) is 15.9 Å². The molecule has 0 saturated heterocycles. The molecule has 0 fully saturated rings. The van der Waals surface area contributed by atoms with E-state index in [1.54, 1.807) is 31.4 Å². The minimum Gasteiger partial charge on any atom is -0.539 e. The molecule has 5 rings (SSSR count). The highest BCUT2D eigenvalue weighted by atomic mass is 32.1. The summed E-state index contributed by atoms with van der Waals surface area (Å²) in [5.41, 5.74) is 9.23. The van der Waals surface area contributed by atoms with E-state index >= 15 is 0 Å². The number of thiophene rings is 1. The zero-order valence-corrected chi connectivity index (χ0v) is 17.9. The Kier molecular flexibility index (Phi) is 4.62. The topological polar surface area (TPSA) is 118 Å². The Hall–Kier alpha value is -3.46. The van der Waals surface area contributed by atoms with E-state index in [9.17, 15) is 9.90 Å². The van der Waals surface area contributed by atoms with Gasteiger partial charge in [0.25, 0.3) is 5.78 Å². The van der Waals surface area contributed by atoms with Crippen molar-refractivity contribution in [1.82, 2.24) is 10.3 Å². The molecule has 3 aromatic heterocycles. The summed E-state index contributed by atoms with van der Waals surface area (Å²) < 4.78 is 11.2. The van der Waals surface area contributed by atoms with Crippen LogP contribution in [0.1, 0.15) is 40.0 Å². The van der Waals surface area contributed by atoms with Crippen LogP contribution in [0.2, 0.25) is 0 Å². The van der Waals surface area contributed by atoms with Crippen molar-refractivity contribution in [2.24, 2.45) is 5.92 Å². The molecule has 0 radical (unpaired) electrons. The van der Waals surface area contributed by atoms with Crippen molar-refractivity contribution in [2.75, 3.05) is 12.8 Å².